The van der Waals surface area contributed by atoms with Crippen molar-refractivity contribution in [3.05, 3.63) is 54.0 Å². The molecule has 1 atom stereocenters. The number of hydrogen-bond donors (Lipinski definition) is 3. The summed E-state index contributed by atoms with van der Waals surface area (Å²) in [6, 6.07) is 9.39. The lowest BCUT2D eigenvalue weighted by molar-refractivity contribution is 0.101. The Hall–Kier alpha value is -2.60. The molecule has 0 spiro atoms. The number of rotatable bonds is 5. The highest BCUT2D eigenvalue weighted by Crippen LogP contribution is 2.12. The summed E-state index contributed by atoms with van der Waals surface area (Å²) in [7, 11) is 0. The topological polar surface area (TPSA) is 91.6 Å². The normalized spacial score (nSPS) is 11.7. The van der Waals surface area contributed by atoms with Crippen LogP contribution in [0.2, 0.25) is 0 Å². The van der Waals surface area contributed by atoms with E-state index in [9.17, 15) is 14.7 Å². The van der Waals surface area contributed by atoms with Crippen molar-refractivity contribution in [3.8, 4) is 0 Å². The van der Waals surface area contributed by atoms with Crippen LogP contribution in [0.4, 0.5) is 10.5 Å². The lowest BCUT2D eigenvalue weighted by Gasteiger charge is -2.11. The van der Waals surface area contributed by atoms with Crippen molar-refractivity contribution >= 4 is 17.5 Å². The molecule has 0 saturated carbocycles. The van der Waals surface area contributed by atoms with E-state index in [2.05, 4.69) is 10.6 Å². The van der Waals surface area contributed by atoms with Crippen LogP contribution < -0.4 is 10.6 Å². The van der Waals surface area contributed by atoms with Gasteiger partial charge >= 0.3 is 6.03 Å². The number of anilines is 1. The minimum absolute atomic E-state index is 0.0326. The first-order valence-corrected chi connectivity index (χ1v) is 6.43. The van der Waals surface area contributed by atoms with E-state index in [-0.39, 0.29) is 12.3 Å². The number of aliphatic hydroxyl groups excluding tert-OH is 1. The minimum atomic E-state index is -0.897. The van der Waals surface area contributed by atoms with Crippen molar-refractivity contribution in [3.63, 3.8) is 0 Å². The summed E-state index contributed by atoms with van der Waals surface area (Å²) in [5.74, 6) is 0.355. The van der Waals surface area contributed by atoms with Crippen molar-refractivity contribution in [1.82, 2.24) is 5.32 Å². The zero-order valence-electron chi connectivity index (χ0n) is 11.5. The van der Waals surface area contributed by atoms with Crippen LogP contribution in [-0.2, 0) is 0 Å². The van der Waals surface area contributed by atoms with Crippen molar-refractivity contribution in [2.75, 3.05) is 11.9 Å². The molecule has 0 fully saturated rings. The van der Waals surface area contributed by atoms with Gasteiger partial charge in [-0.1, -0.05) is 0 Å². The third kappa shape index (κ3) is 4.19. The summed E-state index contributed by atoms with van der Waals surface area (Å²) in [6.45, 7) is 1.51. The van der Waals surface area contributed by atoms with Crippen molar-refractivity contribution < 1.29 is 19.1 Å². The molecule has 0 radical (unpaired) electrons. The molecular formula is C15H16N2O4. The average Bonchev–Trinajstić information content (AvgIpc) is 2.99. The van der Waals surface area contributed by atoms with Gasteiger partial charge in [0.25, 0.3) is 0 Å². The second-order valence-electron chi connectivity index (χ2n) is 4.50. The Morgan fingerprint density at radius 1 is 1.24 bits per heavy atom. The SMILES string of the molecule is CC(=O)c1ccc(NC(=O)NCC(O)c2ccco2)cc1. The van der Waals surface area contributed by atoms with Gasteiger partial charge in [-0.15, -0.1) is 0 Å². The van der Waals surface area contributed by atoms with Crippen molar-refractivity contribution in [2.24, 2.45) is 0 Å². The first-order chi connectivity index (χ1) is 10.1. The Morgan fingerprint density at radius 3 is 2.52 bits per heavy atom. The maximum absolute atomic E-state index is 11.7. The van der Waals surface area contributed by atoms with Crippen LogP contribution in [0.15, 0.2) is 47.1 Å². The van der Waals surface area contributed by atoms with Crippen LogP contribution in [0.25, 0.3) is 0 Å². The molecule has 0 aliphatic rings. The quantitative estimate of drug-likeness (QED) is 0.736. The Morgan fingerprint density at radius 2 is 1.95 bits per heavy atom. The Kier molecular flexibility index (Phi) is 4.73. The van der Waals surface area contributed by atoms with E-state index in [4.69, 9.17) is 4.42 Å². The van der Waals surface area contributed by atoms with E-state index in [1.54, 1.807) is 36.4 Å². The third-order valence-electron chi connectivity index (χ3n) is 2.88. The zero-order valence-corrected chi connectivity index (χ0v) is 11.5. The average molecular weight is 288 g/mol. The number of ketones is 1. The molecule has 110 valence electrons. The lowest BCUT2D eigenvalue weighted by Crippen LogP contribution is -2.32. The van der Waals surface area contributed by atoms with E-state index < -0.39 is 12.1 Å². The summed E-state index contributed by atoms with van der Waals surface area (Å²) < 4.78 is 5.03. The summed E-state index contributed by atoms with van der Waals surface area (Å²) >= 11 is 0. The number of amides is 2. The molecule has 0 aliphatic heterocycles. The van der Waals surface area contributed by atoms with Gasteiger partial charge in [-0.3, -0.25) is 4.79 Å². The molecule has 2 rings (SSSR count). The van der Waals surface area contributed by atoms with Crippen LogP contribution >= 0.6 is 0 Å². The van der Waals surface area contributed by atoms with Gasteiger partial charge in [0, 0.05) is 11.3 Å². The number of furan rings is 1. The Labute approximate surface area is 121 Å². The highest BCUT2D eigenvalue weighted by Gasteiger charge is 2.11. The molecule has 1 aromatic carbocycles. The summed E-state index contributed by atoms with van der Waals surface area (Å²) in [5.41, 5.74) is 1.14. The van der Waals surface area contributed by atoms with Gasteiger partial charge in [-0.25, -0.2) is 4.79 Å². The van der Waals surface area contributed by atoms with E-state index in [0.29, 0.717) is 17.0 Å². The number of nitrogens with one attached hydrogen (secondary N) is 2. The summed E-state index contributed by atoms with van der Waals surface area (Å²) in [5, 5.41) is 14.9. The predicted molar refractivity (Wildman–Crippen MR) is 77.1 cm³/mol. The van der Waals surface area contributed by atoms with Crippen LogP contribution in [0.1, 0.15) is 29.1 Å². The fourth-order valence-electron chi connectivity index (χ4n) is 1.73. The maximum atomic E-state index is 11.7. The predicted octanol–water partition coefficient (Wildman–Crippen LogP) is 2.34. The smallest absolute Gasteiger partial charge is 0.319 e. The molecule has 6 heteroatoms. The summed E-state index contributed by atoms with van der Waals surface area (Å²) in [6.07, 6.45) is 0.556. The molecule has 0 aliphatic carbocycles. The molecular weight excluding hydrogens is 272 g/mol. The second kappa shape index (κ2) is 6.71. The Balaban J connectivity index is 1.83. The number of Topliss-reactive ketones (excluding diaryl/α,β-unsaturated/α-hetero) is 1. The molecule has 1 heterocycles. The van der Waals surface area contributed by atoms with Crippen LogP contribution in [-0.4, -0.2) is 23.5 Å². The second-order valence-corrected chi connectivity index (χ2v) is 4.50. The summed E-state index contributed by atoms with van der Waals surface area (Å²) in [4.78, 5) is 22.8. The van der Waals surface area contributed by atoms with Gasteiger partial charge < -0.3 is 20.2 Å². The fourth-order valence-corrected chi connectivity index (χ4v) is 1.73. The van der Waals surface area contributed by atoms with Crippen molar-refractivity contribution in [1.29, 1.82) is 0 Å². The van der Waals surface area contributed by atoms with Gasteiger partial charge in [0.2, 0.25) is 0 Å². The molecule has 2 amide bonds. The van der Waals surface area contributed by atoms with E-state index in [1.807, 2.05) is 0 Å². The molecule has 0 bridgehead atoms. The zero-order chi connectivity index (χ0) is 15.2. The van der Waals surface area contributed by atoms with Gasteiger partial charge in [-0.2, -0.15) is 0 Å². The number of hydrogen-bond acceptors (Lipinski definition) is 4. The largest absolute Gasteiger partial charge is 0.467 e. The minimum Gasteiger partial charge on any atom is -0.467 e. The van der Waals surface area contributed by atoms with Crippen molar-refractivity contribution in [2.45, 2.75) is 13.0 Å². The third-order valence-corrected chi connectivity index (χ3v) is 2.88. The number of benzene rings is 1. The monoisotopic (exact) mass is 288 g/mol. The molecule has 6 nitrogen and oxygen atoms in total. The molecule has 1 unspecified atom stereocenters. The standard InChI is InChI=1S/C15H16N2O4/c1-10(18)11-4-6-12(7-5-11)17-15(20)16-9-13(19)14-3-2-8-21-14/h2-8,13,19H,9H2,1H3,(H2,16,17,20). The van der Waals surface area contributed by atoms with Gasteiger partial charge in [0.05, 0.1) is 12.8 Å². The molecule has 0 saturated heterocycles. The van der Waals surface area contributed by atoms with Crippen LogP contribution in [0, 0.1) is 0 Å². The van der Waals surface area contributed by atoms with Crippen LogP contribution in [0.3, 0.4) is 0 Å². The maximum Gasteiger partial charge on any atom is 0.319 e. The molecule has 21 heavy (non-hydrogen) atoms. The van der Waals surface area contributed by atoms with E-state index >= 15 is 0 Å². The first-order valence-electron chi connectivity index (χ1n) is 6.43. The van der Waals surface area contributed by atoms with Gasteiger partial charge in [0.15, 0.2) is 5.78 Å². The van der Waals surface area contributed by atoms with Gasteiger partial charge in [0.1, 0.15) is 11.9 Å². The van der Waals surface area contributed by atoms with Crippen LogP contribution in [0.5, 0.6) is 0 Å². The molecule has 3 N–H and O–H groups in total. The number of carbonyl (C=O) groups is 2. The Bertz CT molecular complexity index is 605. The number of urea groups is 1. The number of aliphatic hydroxyl groups is 1. The van der Waals surface area contributed by atoms with E-state index in [0.717, 1.165) is 0 Å². The highest BCUT2D eigenvalue weighted by molar-refractivity contribution is 5.95. The highest BCUT2D eigenvalue weighted by atomic mass is 16.4. The van der Waals surface area contributed by atoms with Gasteiger partial charge in [-0.05, 0) is 43.3 Å². The molecule has 2 aromatic rings. The molecule has 1 aromatic heterocycles. The fraction of sp³-hybridized carbons (Fsp3) is 0.200. The first kappa shape index (κ1) is 14.8. The van der Waals surface area contributed by atoms with E-state index in [1.165, 1.54) is 13.2 Å². The number of carbonyl (C=O) groups excluding carboxylic acids is 2. The lowest BCUT2D eigenvalue weighted by atomic mass is 10.1.